The van der Waals surface area contributed by atoms with Gasteiger partial charge in [0.25, 0.3) is 0 Å². The standard InChI is InChI=1S/C21H34N2O2/c1-6-8-11-17(7-2)22-19-12-9-10-16-15-23(14-13-18(16)19)20(24)25-21(3,4)5/h9-10,12,17,22H,6-8,11,13-15H2,1-5H3. The van der Waals surface area contributed by atoms with Crippen LogP contribution in [0.5, 0.6) is 0 Å². The second-order valence-electron chi connectivity index (χ2n) is 7.99. The van der Waals surface area contributed by atoms with Gasteiger partial charge < -0.3 is 15.0 Å². The lowest BCUT2D eigenvalue weighted by molar-refractivity contribution is 0.0224. The summed E-state index contributed by atoms with van der Waals surface area (Å²) in [5, 5.41) is 3.74. The third-order valence-corrected chi connectivity index (χ3v) is 4.68. The van der Waals surface area contributed by atoms with Gasteiger partial charge in [-0.3, -0.25) is 0 Å². The topological polar surface area (TPSA) is 41.6 Å². The van der Waals surface area contributed by atoms with Gasteiger partial charge in [0.1, 0.15) is 5.60 Å². The number of fused-ring (bicyclic) bond motifs is 1. The molecule has 1 amide bonds. The van der Waals surface area contributed by atoms with Gasteiger partial charge in [0.2, 0.25) is 0 Å². The zero-order valence-electron chi connectivity index (χ0n) is 16.5. The average Bonchev–Trinajstić information content (AvgIpc) is 2.56. The van der Waals surface area contributed by atoms with E-state index in [4.69, 9.17) is 4.74 Å². The van der Waals surface area contributed by atoms with E-state index in [0.717, 1.165) is 12.8 Å². The molecule has 0 radical (unpaired) electrons. The van der Waals surface area contributed by atoms with Crippen molar-refractivity contribution in [3.63, 3.8) is 0 Å². The van der Waals surface area contributed by atoms with Crippen LogP contribution in [0.25, 0.3) is 0 Å². The quantitative estimate of drug-likeness (QED) is 0.754. The first-order chi connectivity index (χ1) is 11.8. The van der Waals surface area contributed by atoms with Crippen molar-refractivity contribution in [3.8, 4) is 0 Å². The molecule has 140 valence electrons. The van der Waals surface area contributed by atoms with Crippen molar-refractivity contribution in [2.24, 2.45) is 0 Å². The molecule has 0 fully saturated rings. The second-order valence-corrected chi connectivity index (χ2v) is 7.99. The lowest BCUT2D eigenvalue weighted by Crippen LogP contribution is -2.40. The summed E-state index contributed by atoms with van der Waals surface area (Å²) in [5.74, 6) is 0. The SMILES string of the molecule is CCCCC(CC)Nc1cccc2c1CCN(C(=O)OC(C)(C)C)C2. The summed E-state index contributed by atoms with van der Waals surface area (Å²) in [6.07, 6.45) is 5.49. The highest BCUT2D eigenvalue weighted by atomic mass is 16.6. The summed E-state index contributed by atoms with van der Waals surface area (Å²) in [6.45, 7) is 11.6. The molecule has 0 aliphatic carbocycles. The Kier molecular flexibility index (Phi) is 6.74. The number of unbranched alkanes of at least 4 members (excludes halogenated alkanes) is 1. The smallest absolute Gasteiger partial charge is 0.410 e. The van der Waals surface area contributed by atoms with Crippen LogP contribution in [0.4, 0.5) is 10.5 Å². The van der Waals surface area contributed by atoms with Gasteiger partial charge in [0.05, 0.1) is 0 Å². The molecule has 1 atom stereocenters. The van der Waals surface area contributed by atoms with Gasteiger partial charge in [-0.1, -0.05) is 38.8 Å². The summed E-state index contributed by atoms with van der Waals surface area (Å²) in [5.41, 5.74) is 3.38. The molecule has 0 saturated heterocycles. The molecule has 1 aliphatic heterocycles. The maximum Gasteiger partial charge on any atom is 0.410 e. The number of carbonyl (C=O) groups excluding carboxylic acids is 1. The van der Waals surface area contributed by atoms with Crippen LogP contribution in [-0.4, -0.2) is 29.2 Å². The predicted octanol–water partition coefficient (Wildman–Crippen LogP) is 5.36. The Hall–Kier alpha value is -1.71. The molecule has 4 heteroatoms. The van der Waals surface area contributed by atoms with Crippen molar-refractivity contribution in [2.45, 2.75) is 84.9 Å². The molecule has 1 heterocycles. The average molecular weight is 347 g/mol. The van der Waals surface area contributed by atoms with Gasteiger partial charge in [0.15, 0.2) is 0 Å². The van der Waals surface area contributed by atoms with Gasteiger partial charge in [-0.05, 0) is 57.2 Å². The highest BCUT2D eigenvalue weighted by Crippen LogP contribution is 2.28. The molecule has 1 unspecified atom stereocenters. The number of benzene rings is 1. The van der Waals surface area contributed by atoms with Crippen LogP contribution in [0, 0.1) is 0 Å². The number of hydrogen-bond acceptors (Lipinski definition) is 3. The zero-order chi connectivity index (χ0) is 18.4. The normalized spacial score (nSPS) is 15.5. The molecule has 2 rings (SSSR count). The van der Waals surface area contributed by atoms with Crippen molar-refractivity contribution in [2.75, 3.05) is 11.9 Å². The van der Waals surface area contributed by atoms with Gasteiger partial charge in [0, 0.05) is 24.8 Å². The van der Waals surface area contributed by atoms with E-state index in [-0.39, 0.29) is 6.09 Å². The van der Waals surface area contributed by atoms with Crippen LogP contribution in [-0.2, 0) is 17.7 Å². The monoisotopic (exact) mass is 346 g/mol. The fourth-order valence-electron chi connectivity index (χ4n) is 3.28. The number of carbonyl (C=O) groups is 1. The van der Waals surface area contributed by atoms with Crippen LogP contribution in [0.15, 0.2) is 18.2 Å². The first-order valence-electron chi connectivity index (χ1n) is 9.69. The van der Waals surface area contributed by atoms with E-state index in [1.807, 2.05) is 25.7 Å². The molecule has 25 heavy (non-hydrogen) atoms. The molecule has 1 aromatic rings. The van der Waals surface area contributed by atoms with Crippen molar-refractivity contribution >= 4 is 11.8 Å². The van der Waals surface area contributed by atoms with E-state index in [1.165, 1.54) is 36.1 Å². The molecular formula is C21H34N2O2. The Morgan fingerprint density at radius 1 is 1.32 bits per heavy atom. The van der Waals surface area contributed by atoms with Crippen LogP contribution in [0.3, 0.4) is 0 Å². The van der Waals surface area contributed by atoms with E-state index >= 15 is 0 Å². The number of hydrogen-bond donors (Lipinski definition) is 1. The summed E-state index contributed by atoms with van der Waals surface area (Å²) >= 11 is 0. The third-order valence-electron chi connectivity index (χ3n) is 4.68. The van der Waals surface area contributed by atoms with E-state index in [2.05, 4.69) is 37.4 Å². The van der Waals surface area contributed by atoms with Gasteiger partial charge in [-0.2, -0.15) is 0 Å². The largest absolute Gasteiger partial charge is 0.444 e. The molecule has 0 bridgehead atoms. The molecule has 0 saturated carbocycles. The van der Waals surface area contributed by atoms with Crippen LogP contribution < -0.4 is 5.32 Å². The second kappa shape index (κ2) is 8.59. The highest BCUT2D eigenvalue weighted by molar-refractivity contribution is 5.69. The number of nitrogens with zero attached hydrogens (tertiary/aromatic N) is 1. The highest BCUT2D eigenvalue weighted by Gasteiger charge is 2.26. The minimum Gasteiger partial charge on any atom is -0.444 e. The Morgan fingerprint density at radius 2 is 2.08 bits per heavy atom. The maximum absolute atomic E-state index is 12.3. The van der Waals surface area contributed by atoms with Gasteiger partial charge >= 0.3 is 6.09 Å². The van der Waals surface area contributed by atoms with E-state index in [9.17, 15) is 4.79 Å². The Morgan fingerprint density at radius 3 is 2.72 bits per heavy atom. The third kappa shape index (κ3) is 5.65. The molecule has 0 aromatic heterocycles. The van der Waals surface area contributed by atoms with Crippen LogP contribution >= 0.6 is 0 Å². The Bertz CT molecular complexity index is 578. The number of amides is 1. The van der Waals surface area contributed by atoms with Crippen molar-refractivity contribution in [1.29, 1.82) is 0 Å². The number of nitrogens with one attached hydrogen (secondary N) is 1. The molecular weight excluding hydrogens is 312 g/mol. The summed E-state index contributed by atoms with van der Waals surface area (Å²) in [7, 11) is 0. The molecule has 0 spiro atoms. The fraction of sp³-hybridized carbons (Fsp3) is 0.667. The molecule has 1 N–H and O–H groups in total. The van der Waals surface area contributed by atoms with Crippen molar-refractivity contribution in [3.05, 3.63) is 29.3 Å². The van der Waals surface area contributed by atoms with Crippen molar-refractivity contribution < 1.29 is 9.53 Å². The number of ether oxygens (including phenoxy) is 1. The lowest BCUT2D eigenvalue weighted by Gasteiger charge is -2.32. The van der Waals surface area contributed by atoms with Gasteiger partial charge in [-0.15, -0.1) is 0 Å². The predicted molar refractivity (Wildman–Crippen MR) is 104 cm³/mol. The Labute approximate surface area is 152 Å². The van der Waals surface area contributed by atoms with Gasteiger partial charge in [-0.25, -0.2) is 4.79 Å². The van der Waals surface area contributed by atoms with Crippen LogP contribution in [0.1, 0.15) is 71.4 Å². The first kappa shape index (κ1) is 19.6. The van der Waals surface area contributed by atoms with E-state index in [0.29, 0.717) is 19.1 Å². The van der Waals surface area contributed by atoms with E-state index < -0.39 is 5.60 Å². The summed E-state index contributed by atoms with van der Waals surface area (Å²) < 4.78 is 5.52. The Balaban J connectivity index is 2.08. The minimum atomic E-state index is -0.450. The summed E-state index contributed by atoms with van der Waals surface area (Å²) in [6, 6.07) is 6.92. The van der Waals surface area contributed by atoms with E-state index in [1.54, 1.807) is 0 Å². The molecule has 1 aromatic carbocycles. The number of anilines is 1. The number of rotatable bonds is 6. The molecule has 1 aliphatic rings. The molecule has 4 nitrogen and oxygen atoms in total. The van der Waals surface area contributed by atoms with Crippen LogP contribution in [0.2, 0.25) is 0 Å². The first-order valence-corrected chi connectivity index (χ1v) is 9.69. The lowest BCUT2D eigenvalue weighted by atomic mass is 9.97. The fourth-order valence-corrected chi connectivity index (χ4v) is 3.28. The van der Waals surface area contributed by atoms with Crippen molar-refractivity contribution in [1.82, 2.24) is 4.90 Å². The summed E-state index contributed by atoms with van der Waals surface area (Å²) in [4.78, 5) is 14.2. The zero-order valence-corrected chi connectivity index (χ0v) is 16.5. The minimum absolute atomic E-state index is 0.217. The maximum atomic E-state index is 12.3.